The molecule has 0 aromatic heterocycles. The summed E-state index contributed by atoms with van der Waals surface area (Å²) < 4.78 is 0. The van der Waals surface area contributed by atoms with Gasteiger partial charge in [0, 0.05) is 5.56 Å². The maximum Gasteiger partial charge on any atom is 1.00 e. The summed E-state index contributed by atoms with van der Waals surface area (Å²) in [6.45, 7) is 0. The summed E-state index contributed by atoms with van der Waals surface area (Å²) in [5.41, 5.74) is 0.728. The van der Waals surface area contributed by atoms with Crippen LogP contribution in [-0.4, -0.2) is 11.1 Å². The molecular formula is C13H9KN2O3. The molecule has 90 valence electrons. The van der Waals surface area contributed by atoms with Crippen LogP contribution in [0.4, 0.5) is 11.4 Å². The molecule has 2 aromatic carbocycles. The first-order chi connectivity index (χ1) is 8.66. The van der Waals surface area contributed by atoms with E-state index in [-0.39, 0.29) is 68.4 Å². The number of phenols is 1. The summed E-state index contributed by atoms with van der Waals surface area (Å²) in [5.74, 6) is -1.17. The fourth-order valence-corrected chi connectivity index (χ4v) is 1.36. The summed E-state index contributed by atoms with van der Waals surface area (Å²) >= 11 is 0. The fourth-order valence-electron chi connectivity index (χ4n) is 1.36. The molecule has 5 nitrogen and oxygen atoms in total. The van der Waals surface area contributed by atoms with E-state index >= 15 is 0 Å². The third kappa shape index (κ3) is 4.52. The monoisotopic (exact) mass is 280 g/mol. The van der Waals surface area contributed by atoms with Gasteiger partial charge < -0.3 is 15.0 Å². The van der Waals surface area contributed by atoms with Gasteiger partial charge in [-0.15, -0.1) is 5.11 Å². The zero-order chi connectivity index (χ0) is 13.0. The first kappa shape index (κ1) is 16.0. The van der Waals surface area contributed by atoms with Crippen molar-refractivity contribution >= 4 is 17.3 Å². The van der Waals surface area contributed by atoms with Gasteiger partial charge in [0.05, 0.1) is 17.3 Å². The molecule has 6 heteroatoms. The van der Waals surface area contributed by atoms with Gasteiger partial charge in [-0.3, -0.25) is 0 Å². The van der Waals surface area contributed by atoms with Crippen molar-refractivity contribution in [2.45, 2.75) is 0 Å². The number of azo groups is 1. The van der Waals surface area contributed by atoms with E-state index in [2.05, 4.69) is 10.2 Å². The molecule has 2 rings (SSSR count). The van der Waals surface area contributed by atoms with Gasteiger partial charge in [0.15, 0.2) is 0 Å². The maximum absolute atomic E-state index is 10.8. The average Bonchev–Trinajstić information content (AvgIpc) is 2.38. The van der Waals surface area contributed by atoms with Crippen molar-refractivity contribution in [2.75, 3.05) is 0 Å². The zero-order valence-corrected chi connectivity index (χ0v) is 13.4. The van der Waals surface area contributed by atoms with Crippen LogP contribution in [0.15, 0.2) is 58.8 Å². The summed E-state index contributed by atoms with van der Waals surface area (Å²) in [5, 5.41) is 27.7. The van der Waals surface area contributed by atoms with Crippen LogP contribution in [0.25, 0.3) is 0 Å². The standard InChI is InChI=1S/C13H10N2O3.K/c16-10-7-5-9(6-8-10)14-15-12-4-2-1-3-11(12)13(17)18;/h1-8,16H,(H,17,18);/q;+1/p-1. The van der Waals surface area contributed by atoms with Gasteiger partial charge >= 0.3 is 51.4 Å². The van der Waals surface area contributed by atoms with Crippen molar-refractivity contribution in [1.82, 2.24) is 0 Å². The Balaban J connectivity index is 0.00000180. The molecule has 0 fully saturated rings. The number of phenolic OH excluding ortho intramolecular Hbond substituents is 1. The summed E-state index contributed by atoms with van der Waals surface area (Å²) in [7, 11) is 0. The number of nitrogens with zero attached hydrogens (tertiary/aromatic N) is 2. The quantitative estimate of drug-likeness (QED) is 0.588. The Bertz CT molecular complexity index is 597. The minimum atomic E-state index is -1.30. The van der Waals surface area contributed by atoms with E-state index in [9.17, 15) is 9.90 Å². The minimum absolute atomic E-state index is 0. The first-order valence-electron chi connectivity index (χ1n) is 5.18. The van der Waals surface area contributed by atoms with Gasteiger partial charge in [0.2, 0.25) is 0 Å². The summed E-state index contributed by atoms with van der Waals surface area (Å²) in [6.07, 6.45) is 0. The Morgan fingerprint density at radius 1 is 1.00 bits per heavy atom. The number of rotatable bonds is 3. The van der Waals surface area contributed by atoms with E-state index in [4.69, 9.17) is 5.11 Å². The number of hydrogen-bond donors (Lipinski definition) is 1. The molecule has 0 saturated carbocycles. The van der Waals surface area contributed by atoms with Crippen LogP contribution < -0.4 is 56.5 Å². The molecule has 0 radical (unpaired) electrons. The number of hydrogen-bond acceptors (Lipinski definition) is 5. The van der Waals surface area contributed by atoms with E-state index < -0.39 is 5.97 Å². The van der Waals surface area contributed by atoms with Crippen molar-refractivity contribution in [3.63, 3.8) is 0 Å². The number of carboxylic acid groups (broad SMARTS) is 1. The smallest absolute Gasteiger partial charge is 0.545 e. The summed E-state index contributed by atoms with van der Waals surface area (Å²) in [4.78, 5) is 10.8. The molecule has 0 saturated heterocycles. The Morgan fingerprint density at radius 2 is 1.63 bits per heavy atom. The number of benzene rings is 2. The third-order valence-corrected chi connectivity index (χ3v) is 2.25. The van der Waals surface area contributed by atoms with Crippen molar-refractivity contribution in [2.24, 2.45) is 10.2 Å². The Labute approximate surface area is 152 Å². The number of carboxylic acids is 1. The number of aromatic carboxylic acids is 1. The third-order valence-electron chi connectivity index (χ3n) is 2.25. The van der Waals surface area contributed by atoms with Crippen molar-refractivity contribution in [3.05, 3.63) is 54.1 Å². The van der Waals surface area contributed by atoms with Crippen molar-refractivity contribution in [3.8, 4) is 5.75 Å². The Kier molecular flexibility index (Phi) is 6.33. The van der Waals surface area contributed by atoms with Crippen LogP contribution >= 0.6 is 0 Å². The predicted octanol–water partition coefficient (Wildman–Crippen LogP) is -0.825. The molecular weight excluding hydrogens is 271 g/mol. The van der Waals surface area contributed by atoms with Crippen molar-refractivity contribution in [1.29, 1.82) is 0 Å². The molecule has 0 unspecified atom stereocenters. The first-order valence-corrected chi connectivity index (χ1v) is 5.18. The van der Waals surface area contributed by atoms with E-state index in [0.29, 0.717) is 5.69 Å². The van der Waals surface area contributed by atoms with Crippen molar-refractivity contribution < 1.29 is 66.4 Å². The van der Waals surface area contributed by atoms with Gasteiger partial charge in [0.25, 0.3) is 0 Å². The Morgan fingerprint density at radius 3 is 2.26 bits per heavy atom. The van der Waals surface area contributed by atoms with E-state index in [1.54, 1.807) is 24.3 Å². The average molecular weight is 280 g/mol. The molecule has 0 heterocycles. The number of carbonyl (C=O) groups is 1. The number of aromatic hydroxyl groups is 1. The molecule has 0 amide bonds. The van der Waals surface area contributed by atoms with Gasteiger partial charge in [-0.25, -0.2) is 0 Å². The van der Waals surface area contributed by atoms with Gasteiger partial charge in [-0.1, -0.05) is 18.2 Å². The van der Waals surface area contributed by atoms with Crippen LogP contribution in [0.3, 0.4) is 0 Å². The molecule has 0 spiro atoms. The largest absolute Gasteiger partial charge is 1.00 e. The molecule has 2 aromatic rings. The second-order valence-electron chi connectivity index (χ2n) is 3.52. The molecule has 0 aliphatic heterocycles. The second-order valence-corrected chi connectivity index (χ2v) is 3.52. The zero-order valence-electron chi connectivity index (χ0n) is 10.3. The van der Waals surface area contributed by atoms with Gasteiger partial charge in [-0.05, 0) is 30.3 Å². The SMILES string of the molecule is O=C([O-])c1ccccc1N=Nc1ccc(O)cc1.[K+]. The molecule has 1 N–H and O–H groups in total. The van der Waals surface area contributed by atoms with Crippen LogP contribution in [0, 0.1) is 0 Å². The Hall–Kier alpha value is -1.05. The van der Waals surface area contributed by atoms with Crippen LogP contribution in [0.1, 0.15) is 10.4 Å². The molecule has 0 bridgehead atoms. The minimum Gasteiger partial charge on any atom is -0.545 e. The van der Waals surface area contributed by atoms with Crippen LogP contribution in [0.2, 0.25) is 0 Å². The van der Waals surface area contributed by atoms with Gasteiger partial charge in [-0.2, -0.15) is 5.11 Å². The second kappa shape index (κ2) is 7.51. The fraction of sp³-hybridized carbons (Fsp3) is 0. The molecule has 0 aliphatic rings. The summed E-state index contributed by atoms with van der Waals surface area (Å²) in [6, 6.07) is 12.3. The van der Waals surface area contributed by atoms with E-state index in [0.717, 1.165) is 0 Å². The molecule has 0 aliphatic carbocycles. The van der Waals surface area contributed by atoms with E-state index in [1.807, 2.05) is 0 Å². The normalized spacial score (nSPS) is 10.1. The molecule has 19 heavy (non-hydrogen) atoms. The topological polar surface area (TPSA) is 85.1 Å². The van der Waals surface area contributed by atoms with E-state index in [1.165, 1.54) is 24.3 Å². The molecule has 0 atom stereocenters. The predicted molar refractivity (Wildman–Crippen MR) is 63.1 cm³/mol. The van der Waals surface area contributed by atoms with Crippen LogP contribution in [0.5, 0.6) is 5.75 Å². The van der Waals surface area contributed by atoms with Gasteiger partial charge in [0.1, 0.15) is 5.75 Å². The maximum atomic E-state index is 10.8. The van der Waals surface area contributed by atoms with Crippen LogP contribution in [-0.2, 0) is 0 Å². The number of carbonyl (C=O) groups excluding carboxylic acids is 1.